The fourth-order valence-electron chi connectivity index (χ4n) is 2.81. The SMILES string of the molecule is Cn1cc(C(=O)CNCCc2ccc(Cl)cc2Cl)c2ccccc21. The monoisotopic (exact) mass is 360 g/mol. The van der Waals surface area contributed by atoms with Crippen LogP contribution in [-0.4, -0.2) is 23.4 Å². The van der Waals surface area contributed by atoms with Gasteiger partial charge in [-0.3, -0.25) is 4.79 Å². The third kappa shape index (κ3) is 3.64. The van der Waals surface area contributed by atoms with Gasteiger partial charge in [0.15, 0.2) is 5.78 Å². The van der Waals surface area contributed by atoms with Crippen molar-refractivity contribution in [1.29, 1.82) is 0 Å². The Morgan fingerprint density at radius 3 is 2.75 bits per heavy atom. The Balaban J connectivity index is 1.59. The molecular formula is C19H18Cl2N2O. The van der Waals surface area contributed by atoms with E-state index in [4.69, 9.17) is 23.2 Å². The van der Waals surface area contributed by atoms with Crippen LogP contribution >= 0.6 is 23.2 Å². The molecule has 124 valence electrons. The minimum absolute atomic E-state index is 0.0917. The molecule has 3 aromatic rings. The van der Waals surface area contributed by atoms with Crippen LogP contribution in [-0.2, 0) is 13.5 Å². The molecule has 3 rings (SSSR count). The highest BCUT2D eigenvalue weighted by atomic mass is 35.5. The molecule has 1 heterocycles. The molecular weight excluding hydrogens is 343 g/mol. The first-order valence-corrected chi connectivity index (χ1v) is 8.54. The van der Waals surface area contributed by atoms with Gasteiger partial charge in [0, 0.05) is 39.8 Å². The van der Waals surface area contributed by atoms with E-state index in [0.29, 0.717) is 23.1 Å². The molecule has 0 radical (unpaired) electrons. The van der Waals surface area contributed by atoms with Gasteiger partial charge in [-0.15, -0.1) is 0 Å². The van der Waals surface area contributed by atoms with Gasteiger partial charge in [0.2, 0.25) is 0 Å². The van der Waals surface area contributed by atoms with Gasteiger partial charge >= 0.3 is 0 Å². The van der Waals surface area contributed by atoms with Crippen molar-refractivity contribution in [3.8, 4) is 0 Å². The second kappa shape index (κ2) is 7.39. The lowest BCUT2D eigenvalue weighted by Gasteiger charge is -2.06. The Hall–Kier alpha value is -1.81. The van der Waals surface area contributed by atoms with Crippen LogP contribution in [0.5, 0.6) is 0 Å². The van der Waals surface area contributed by atoms with Crippen LogP contribution < -0.4 is 5.32 Å². The molecule has 2 aromatic carbocycles. The number of halogens is 2. The molecule has 0 bridgehead atoms. The highest BCUT2D eigenvalue weighted by Crippen LogP contribution is 2.22. The summed E-state index contributed by atoms with van der Waals surface area (Å²) in [5, 5.41) is 5.48. The van der Waals surface area contributed by atoms with Gasteiger partial charge < -0.3 is 9.88 Å². The first-order valence-electron chi connectivity index (χ1n) is 7.78. The summed E-state index contributed by atoms with van der Waals surface area (Å²) < 4.78 is 1.98. The van der Waals surface area contributed by atoms with E-state index in [9.17, 15) is 4.79 Å². The molecule has 0 aliphatic carbocycles. The van der Waals surface area contributed by atoms with Gasteiger partial charge in [0.1, 0.15) is 0 Å². The van der Waals surface area contributed by atoms with Crippen LogP contribution in [0.3, 0.4) is 0 Å². The minimum atomic E-state index is 0.0917. The normalized spacial score (nSPS) is 11.1. The Morgan fingerprint density at radius 1 is 1.17 bits per heavy atom. The van der Waals surface area contributed by atoms with Crippen LogP contribution in [0, 0.1) is 0 Å². The number of hydrogen-bond acceptors (Lipinski definition) is 2. The Labute approximate surface area is 151 Å². The van der Waals surface area contributed by atoms with Gasteiger partial charge in [-0.05, 0) is 36.7 Å². The van der Waals surface area contributed by atoms with Gasteiger partial charge in [0.25, 0.3) is 0 Å². The van der Waals surface area contributed by atoms with E-state index in [1.165, 1.54) is 0 Å². The molecule has 0 amide bonds. The maximum absolute atomic E-state index is 12.5. The van der Waals surface area contributed by atoms with Crippen LogP contribution in [0.4, 0.5) is 0 Å². The third-order valence-corrected chi connectivity index (χ3v) is 4.66. The van der Waals surface area contributed by atoms with E-state index in [1.807, 2.05) is 54.2 Å². The van der Waals surface area contributed by atoms with E-state index in [0.717, 1.165) is 28.5 Å². The van der Waals surface area contributed by atoms with Gasteiger partial charge in [-0.1, -0.05) is 47.5 Å². The molecule has 0 saturated heterocycles. The molecule has 1 aromatic heterocycles. The fraction of sp³-hybridized carbons (Fsp3) is 0.211. The Kier molecular flexibility index (Phi) is 5.24. The van der Waals surface area contributed by atoms with Crippen LogP contribution in [0.25, 0.3) is 10.9 Å². The van der Waals surface area contributed by atoms with Gasteiger partial charge in [-0.2, -0.15) is 0 Å². The van der Waals surface area contributed by atoms with Crippen molar-refractivity contribution in [3.63, 3.8) is 0 Å². The van der Waals surface area contributed by atoms with E-state index in [2.05, 4.69) is 5.32 Å². The summed E-state index contributed by atoms with van der Waals surface area (Å²) in [6.07, 6.45) is 2.64. The zero-order valence-electron chi connectivity index (χ0n) is 13.4. The number of para-hydroxylation sites is 1. The third-order valence-electron chi connectivity index (χ3n) is 4.07. The molecule has 1 N–H and O–H groups in total. The molecule has 24 heavy (non-hydrogen) atoms. The van der Waals surface area contributed by atoms with Crippen molar-refractivity contribution in [2.75, 3.05) is 13.1 Å². The molecule has 5 heteroatoms. The highest BCUT2D eigenvalue weighted by molar-refractivity contribution is 6.35. The first kappa shape index (κ1) is 17.0. The van der Waals surface area contributed by atoms with E-state index < -0.39 is 0 Å². The van der Waals surface area contributed by atoms with Crippen molar-refractivity contribution in [1.82, 2.24) is 9.88 Å². The predicted molar refractivity (Wildman–Crippen MR) is 100 cm³/mol. The summed E-state index contributed by atoms with van der Waals surface area (Å²) in [6.45, 7) is 0.983. The van der Waals surface area contributed by atoms with E-state index >= 15 is 0 Å². The minimum Gasteiger partial charge on any atom is -0.350 e. The lowest BCUT2D eigenvalue weighted by molar-refractivity contribution is 0.0993. The number of fused-ring (bicyclic) bond motifs is 1. The average Bonchev–Trinajstić information content (AvgIpc) is 2.90. The fourth-order valence-corrected chi connectivity index (χ4v) is 3.31. The lowest BCUT2D eigenvalue weighted by Crippen LogP contribution is -2.25. The van der Waals surface area contributed by atoms with Crippen molar-refractivity contribution in [2.24, 2.45) is 7.05 Å². The molecule has 0 fully saturated rings. The Morgan fingerprint density at radius 2 is 1.96 bits per heavy atom. The molecule has 0 unspecified atom stereocenters. The zero-order chi connectivity index (χ0) is 17.1. The summed E-state index contributed by atoms with van der Waals surface area (Å²) >= 11 is 12.0. The first-order chi connectivity index (χ1) is 11.6. The summed E-state index contributed by atoms with van der Waals surface area (Å²) in [5.74, 6) is 0.0917. The van der Waals surface area contributed by atoms with E-state index in [-0.39, 0.29) is 5.78 Å². The maximum atomic E-state index is 12.5. The molecule has 3 nitrogen and oxygen atoms in total. The number of aryl methyl sites for hydroxylation is 1. The quantitative estimate of drug-likeness (QED) is 0.518. The Bertz CT molecular complexity index is 886. The predicted octanol–water partition coefficient (Wildman–Crippen LogP) is 4.50. The number of Topliss-reactive ketones (excluding diaryl/α,β-unsaturated/α-hetero) is 1. The van der Waals surface area contributed by atoms with Crippen molar-refractivity contribution in [2.45, 2.75) is 6.42 Å². The summed E-state index contributed by atoms with van der Waals surface area (Å²) in [6, 6.07) is 13.4. The molecule has 0 saturated carbocycles. The van der Waals surface area contributed by atoms with Gasteiger partial charge in [0.05, 0.1) is 6.54 Å². The molecule has 0 aliphatic heterocycles. The van der Waals surface area contributed by atoms with Crippen LogP contribution in [0.2, 0.25) is 10.0 Å². The smallest absolute Gasteiger partial charge is 0.178 e. The number of nitrogens with one attached hydrogen (secondary N) is 1. The van der Waals surface area contributed by atoms with Crippen molar-refractivity contribution in [3.05, 3.63) is 69.8 Å². The summed E-state index contributed by atoms with van der Waals surface area (Å²) in [7, 11) is 1.95. The summed E-state index contributed by atoms with van der Waals surface area (Å²) in [4.78, 5) is 12.5. The van der Waals surface area contributed by atoms with Crippen LogP contribution in [0.15, 0.2) is 48.7 Å². The number of nitrogens with zero attached hydrogens (tertiary/aromatic N) is 1. The number of carbonyl (C=O) groups excluding carboxylic acids is 1. The number of carbonyl (C=O) groups is 1. The van der Waals surface area contributed by atoms with Gasteiger partial charge in [-0.25, -0.2) is 0 Å². The molecule has 0 spiro atoms. The molecule has 0 aliphatic rings. The lowest BCUT2D eigenvalue weighted by atomic mass is 10.1. The summed E-state index contributed by atoms with van der Waals surface area (Å²) in [5.41, 5.74) is 2.84. The highest BCUT2D eigenvalue weighted by Gasteiger charge is 2.13. The zero-order valence-corrected chi connectivity index (χ0v) is 14.9. The largest absolute Gasteiger partial charge is 0.350 e. The number of benzene rings is 2. The number of hydrogen-bond donors (Lipinski definition) is 1. The average molecular weight is 361 g/mol. The van der Waals surface area contributed by atoms with Crippen LogP contribution in [0.1, 0.15) is 15.9 Å². The standard InChI is InChI=1S/C19H18Cl2N2O/c1-23-12-16(15-4-2-3-5-18(15)23)19(24)11-22-9-8-13-6-7-14(20)10-17(13)21/h2-7,10,12,22H,8-9,11H2,1H3. The number of ketones is 1. The van der Waals surface area contributed by atoms with Crippen molar-refractivity contribution < 1.29 is 4.79 Å². The van der Waals surface area contributed by atoms with Crippen molar-refractivity contribution >= 4 is 39.9 Å². The number of aromatic nitrogens is 1. The van der Waals surface area contributed by atoms with E-state index in [1.54, 1.807) is 6.07 Å². The second-order valence-electron chi connectivity index (χ2n) is 5.76. The topological polar surface area (TPSA) is 34.0 Å². The maximum Gasteiger partial charge on any atom is 0.178 e. The number of rotatable bonds is 6. The second-order valence-corrected chi connectivity index (χ2v) is 6.60. The molecule has 0 atom stereocenters.